The van der Waals surface area contributed by atoms with Crippen molar-refractivity contribution in [2.45, 2.75) is 61.5 Å². The number of benzene rings is 5. The number of aromatic nitrogens is 1. The van der Waals surface area contributed by atoms with Crippen LogP contribution in [-0.2, 0) is 28.2 Å². The molecule has 0 radical (unpaired) electrons. The molecule has 0 saturated carbocycles. The van der Waals surface area contributed by atoms with Gasteiger partial charge in [-0.25, -0.2) is 12.8 Å². The molecule has 3 aliphatic rings. The second-order valence-corrected chi connectivity index (χ2v) is 24.0. The van der Waals surface area contributed by atoms with E-state index in [1.165, 1.54) is 17.0 Å². The van der Waals surface area contributed by atoms with Gasteiger partial charge in [0.15, 0.2) is 0 Å². The summed E-state index contributed by atoms with van der Waals surface area (Å²) in [5.41, 5.74) is 8.18. The minimum Gasteiger partial charge on any atom is -0.771 e. The van der Waals surface area contributed by atoms with Crippen molar-refractivity contribution in [1.29, 1.82) is 0 Å². The van der Waals surface area contributed by atoms with Crippen molar-refractivity contribution in [2.75, 3.05) is 103 Å². The lowest BCUT2D eigenvalue weighted by molar-refractivity contribution is -0.00556. The molecule has 3 N–H and O–H groups in total. The van der Waals surface area contributed by atoms with Crippen molar-refractivity contribution < 1.29 is 31.5 Å². The molecule has 14 nitrogen and oxygen atoms in total. The van der Waals surface area contributed by atoms with Gasteiger partial charge >= 0.3 is 0 Å². The monoisotopic (exact) mass is 1080 g/mol. The van der Waals surface area contributed by atoms with E-state index in [9.17, 15) is 31.5 Å². The Kier molecular flexibility index (Phi) is 17.1. The highest BCUT2D eigenvalue weighted by Crippen LogP contribution is 2.41. The highest BCUT2D eigenvalue weighted by atomic mass is 32.2. The van der Waals surface area contributed by atoms with Gasteiger partial charge in [0.2, 0.25) is 0 Å². The topological polar surface area (TPSA) is 157 Å². The molecular formula is C57H68FN8O6S3-. The number of amides is 1. The lowest BCUT2D eigenvalue weighted by atomic mass is 9.94. The fourth-order valence-electron chi connectivity index (χ4n) is 10.4. The zero-order valence-electron chi connectivity index (χ0n) is 43.2. The number of nitrogens with one attached hydrogen (secondary N) is 2. The first-order valence-corrected chi connectivity index (χ1v) is 29.5. The second kappa shape index (κ2) is 23.7. The van der Waals surface area contributed by atoms with E-state index < -0.39 is 26.7 Å². The van der Waals surface area contributed by atoms with Crippen LogP contribution < -0.4 is 19.8 Å². The average molecular weight is 1080 g/mol. The van der Waals surface area contributed by atoms with Crippen molar-refractivity contribution in [3.8, 4) is 22.4 Å². The van der Waals surface area contributed by atoms with Crippen LogP contribution in [0.1, 0.15) is 47.8 Å². The van der Waals surface area contributed by atoms with Gasteiger partial charge in [0.1, 0.15) is 5.82 Å². The van der Waals surface area contributed by atoms with Crippen LogP contribution in [0, 0.1) is 19.7 Å². The number of aliphatic hydroxyl groups is 1. The summed E-state index contributed by atoms with van der Waals surface area (Å²) in [5, 5.41) is 14.2. The third kappa shape index (κ3) is 13.3. The van der Waals surface area contributed by atoms with Crippen LogP contribution in [0.3, 0.4) is 0 Å². The number of carbonyl (C=O) groups excluding carboxylic acids is 1. The fraction of sp³-hybridized carbons (Fsp3) is 0.386. The van der Waals surface area contributed by atoms with Gasteiger partial charge in [-0.1, -0.05) is 30.3 Å². The first-order chi connectivity index (χ1) is 36.0. The number of likely N-dealkylation sites (tertiary alicyclic amines) is 1. The van der Waals surface area contributed by atoms with Crippen LogP contribution in [0.5, 0.6) is 0 Å². The molecule has 1 amide bonds. The van der Waals surface area contributed by atoms with Crippen LogP contribution in [0.25, 0.3) is 22.4 Å². The lowest BCUT2D eigenvalue weighted by Crippen LogP contribution is -2.49. The summed E-state index contributed by atoms with van der Waals surface area (Å²) in [7, 11) is -1.96. The number of carbonyl (C=O) groups is 1. The van der Waals surface area contributed by atoms with Gasteiger partial charge < -0.3 is 39.1 Å². The Morgan fingerprint density at radius 2 is 1.45 bits per heavy atom. The molecule has 2 atom stereocenters. The van der Waals surface area contributed by atoms with Gasteiger partial charge in [-0.3, -0.25) is 18.6 Å². The number of rotatable bonds is 18. The van der Waals surface area contributed by atoms with E-state index in [0.717, 1.165) is 122 Å². The van der Waals surface area contributed by atoms with Crippen LogP contribution in [-0.4, -0.2) is 143 Å². The van der Waals surface area contributed by atoms with Crippen molar-refractivity contribution in [3.05, 3.63) is 144 Å². The smallest absolute Gasteiger partial charge is 0.261 e. The van der Waals surface area contributed by atoms with Crippen LogP contribution in [0.2, 0.25) is 0 Å². The van der Waals surface area contributed by atoms with Crippen molar-refractivity contribution in [2.24, 2.45) is 7.05 Å². The molecule has 1 unspecified atom stereocenters. The number of anilines is 4. The number of aryl methyl sites for hydroxylation is 1. The largest absolute Gasteiger partial charge is 0.771 e. The molecule has 3 fully saturated rings. The summed E-state index contributed by atoms with van der Waals surface area (Å²) in [6, 6.07) is 37.8. The number of piperazine rings is 2. The summed E-state index contributed by atoms with van der Waals surface area (Å²) in [4.78, 5) is 26.6. The number of nitrogens with zero attached hydrogens (tertiary/aromatic N) is 6. The van der Waals surface area contributed by atoms with Crippen LogP contribution >= 0.6 is 11.8 Å². The first kappa shape index (κ1) is 54.1. The van der Waals surface area contributed by atoms with E-state index in [-0.39, 0.29) is 28.5 Å². The summed E-state index contributed by atoms with van der Waals surface area (Å²) in [6.07, 6.45) is 2.44. The van der Waals surface area contributed by atoms with Crippen molar-refractivity contribution >= 4 is 61.5 Å². The standard InChI is InChI=1S/C57H69FN8O6S3/c1-41-37-51(21-22-52(41)59-47(39-73-50-11-6-5-7-12-50)23-26-62-27-24-57(3,68)25-28-62)75(71,72)60-46-17-19-48(20-18-46)64-33-35-65(36-34-64)49-10-8-9-44(38-49)54-53(56(67)66-31-29-63(30-32-66)40-74(69)70)42(2)61(4)55(54)43-13-15-45(58)16-14-43/h5-22,37-38,47,59-60,68H,23-36,39-40H2,1-4H3,(H,69,70)/p-1/t47-/m1/s1. The van der Waals surface area contributed by atoms with Gasteiger partial charge in [0, 0.05) is 130 Å². The van der Waals surface area contributed by atoms with E-state index in [2.05, 4.69) is 49.0 Å². The van der Waals surface area contributed by atoms with E-state index in [4.69, 9.17) is 0 Å². The minimum absolute atomic E-state index is 0.0654. The van der Waals surface area contributed by atoms with Gasteiger partial charge in [-0.15, -0.1) is 11.8 Å². The molecule has 3 saturated heterocycles. The highest BCUT2D eigenvalue weighted by Gasteiger charge is 2.32. The van der Waals surface area contributed by atoms with Gasteiger partial charge in [-0.2, -0.15) is 0 Å². The predicted molar refractivity (Wildman–Crippen MR) is 301 cm³/mol. The Hall–Kier alpha value is -5.73. The van der Waals surface area contributed by atoms with Gasteiger partial charge in [0.05, 0.1) is 27.6 Å². The van der Waals surface area contributed by atoms with E-state index in [0.29, 0.717) is 37.4 Å². The quantitative estimate of drug-likeness (QED) is 0.0557. The molecule has 1 aromatic heterocycles. The Labute approximate surface area is 448 Å². The van der Waals surface area contributed by atoms with Gasteiger partial charge in [0.25, 0.3) is 15.9 Å². The third-order valence-electron chi connectivity index (χ3n) is 15.0. The summed E-state index contributed by atoms with van der Waals surface area (Å²) >= 11 is -0.399. The molecular weight excluding hydrogens is 1010 g/mol. The molecule has 4 heterocycles. The predicted octanol–water partition coefficient (Wildman–Crippen LogP) is 8.65. The van der Waals surface area contributed by atoms with Crippen molar-refractivity contribution in [3.63, 3.8) is 0 Å². The Balaban J connectivity index is 0.841. The minimum atomic E-state index is -3.89. The molecule has 398 valence electrons. The molecule has 0 bridgehead atoms. The number of hydrogen-bond acceptors (Lipinski definition) is 12. The molecule has 0 spiro atoms. The zero-order valence-corrected chi connectivity index (χ0v) is 45.7. The molecule has 6 aromatic rings. The molecule has 18 heteroatoms. The number of piperidine rings is 1. The number of thioether (sulfide) groups is 1. The van der Waals surface area contributed by atoms with E-state index in [1.54, 1.807) is 53.1 Å². The molecule has 5 aromatic carbocycles. The third-order valence-corrected chi connectivity index (χ3v) is 18.1. The number of halogens is 1. The van der Waals surface area contributed by atoms with E-state index in [1.807, 2.05) is 85.8 Å². The average Bonchev–Trinajstić information content (AvgIpc) is 3.67. The van der Waals surface area contributed by atoms with Gasteiger partial charge in [-0.05, 0) is 159 Å². The van der Waals surface area contributed by atoms with Crippen LogP contribution in [0.15, 0.2) is 131 Å². The Morgan fingerprint density at radius 1 is 0.787 bits per heavy atom. The molecule has 0 aliphatic carbocycles. The first-order valence-electron chi connectivity index (χ1n) is 25.8. The Bertz CT molecular complexity index is 3060. The summed E-state index contributed by atoms with van der Waals surface area (Å²) < 4.78 is 69.4. The summed E-state index contributed by atoms with van der Waals surface area (Å²) in [5.74, 6) is 0.306. The van der Waals surface area contributed by atoms with Crippen molar-refractivity contribution in [1.82, 2.24) is 19.3 Å². The Morgan fingerprint density at radius 3 is 2.11 bits per heavy atom. The SMILES string of the molecule is Cc1cc(S(=O)(=O)Nc2ccc(N3CCN(c4cccc(-c5c(C(=O)N6CCN(CS(=O)[O-])CC6)c(C)n(C)c5-c5ccc(F)cc5)c4)CC3)cc2)ccc1N[C@H](CCN1CCC(C)(O)CC1)CSc1ccccc1. The maximum absolute atomic E-state index is 14.5. The lowest BCUT2D eigenvalue weighted by Gasteiger charge is -2.37. The number of hydrogen-bond donors (Lipinski definition) is 3. The fourth-order valence-corrected chi connectivity index (χ4v) is 13.1. The zero-order chi connectivity index (χ0) is 52.9. The number of sulfonamides is 1. The molecule has 9 rings (SSSR count). The summed E-state index contributed by atoms with van der Waals surface area (Å²) in [6.45, 7) is 13.0. The maximum atomic E-state index is 14.5. The highest BCUT2D eigenvalue weighted by molar-refractivity contribution is 7.99. The second-order valence-electron chi connectivity index (χ2n) is 20.3. The molecule has 75 heavy (non-hydrogen) atoms. The molecule has 3 aliphatic heterocycles. The normalized spacial score (nSPS) is 17.5. The maximum Gasteiger partial charge on any atom is 0.261 e. The van der Waals surface area contributed by atoms with Crippen LogP contribution in [0.4, 0.5) is 27.1 Å². The van der Waals surface area contributed by atoms with E-state index >= 15 is 0 Å².